The van der Waals surface area contributed by atoms with E-state index in [1.54, 1.807) is 7.11 Å². The highest BCUT2D eigenvalue weighted by molar-refractivity contribution is 7.14. The molecule has 0 aliphatic rings. The van der Waals surface area contributed by atoms with Gasteiger partial charge >= 0.3 is 0 Å². The van der Waals surface area contributed by atoms with Gasteiger partial charge in [0.1, 0.15) is 17.2 Å². The predicted molar refractivity (Wildman–Crippen MR) is 133 cm³/mol. The van der Waals surface area contributed by atoms with Gasteiger partial charge in [-0.05, 0) is 59.3 Å². The maximum absolute atomic E-state index is 13.0. The standard InChI is InChI=1S/C27H20N2O3S/c1-31-25-16-20-8-6-5-7-19(20)15-23(25)26(30)29-27-28-24(17-33-27)18-11-13-22(14-12-18)32-21-9-3-2-4-10-21/h2-17H,1H3,(H,28,29,30). The first-order valence-electron chi connectivity index (χ1n) is 10.4. The number of carbonyl (C=O) groups excluding carboxylic acids is 1. The van der Waals surface area contributed by atoms with E-state index in [9.17, 15) is 4.79 Å². The van der Waals surface area contributed by atoms with Crippen LogP contribution in [-0.4, -0.2) is 18.0 Å². The van der Waals surface area contributed by atoms with Crippen LogP contribution in [0.15, 0.2) is 96.4 Å². The van der Waals surface area contributed by atoms with Gasteiger partial charge in [-0.1, -0.05) is 42.5 Å². The number of hydrogen-bond acceptors (Lipinski definition) is 5. The number of methoxy groups -OCH3 is 1. The van der Waals surface area contributed by atoms with E-state index >= 15 is 0 Å². The van der Waals surface area contributed by atoms with Crippen LogP contribution in [0, 0.1) is 0 Å². The smallest absolute Gasteiger partial charge is 0.261 e. The lowest BCUT2D eigenvalue weighted by Gasteiger charge is -2.10. The summed E-state index contributed by atoms with van der Waals surface area (Å²) in [4.78, 5) is 17.5. The van der Waals surface area contributed by atoms with Crippen LogP contribution in [0.4, 0.5) is 5.13 Å². The number of fused-ring (bicyclic) bond motifs is 1. The number of nitrogens with one attached hydrogen (secondary N) is 1. The Balaban J connectivity index is 1.32. The fourth-order valence-electron chi connectivity index (χ4n) is 3.51. The van der Waals surface area contributed by atoms with Crippen LogP contribution in [0.3, 0.4) is 0 Å². The second kappa shape index (κ2) is 9.14. The number of para-hydroxylation sites is 1. The van der Waals surface area contributed by atoms with Gasteiger partial charge in [0.2, 0.25) is 0 Å². The van der Waals surface area contributed by atoms with Gasteiger partial charge in [-0.3, -0.25) is 10.1 Å². The second-order valence-corrected chi connectivity index (χ2v) is 8.19. The van der Waals surface area contributed by atoms with Gasteiger partial charge in [-0.2, -0.15) is 0 Å². The van der Waals surface area contributed by atoms with E-state index in [0.29, 0.717) is 16.4 Å². The quantitative estimate of drug-likeness (QED) is 0.301. The van der Waals surface area contributed by atoms with Crippen molar-refractivity contribution in [3.8, 4) is 28.5 Å². The zero-order chi connectivity index (χ0) is 22.6. The average molecular weight is 453 g/mol. The van der Waals surface area contributed by atoms with E-state index in [1.165, 1.54) is 11.3 Å². The van der Waals surface area contributed by atoms with Crippen molar-refractivity contribution in [1.82, 2.24) is 4.98 Å². The number of amides is 1. The minimum absolute atomic E-state index is 0.259. The number of thiazole rings is 1. The van der Waals surface area contributed by atoms with Crippen LogP contribution in [0.5, 0.6) is 17.2 Å². The molecule has 0 unspecified atom stereocenters. The Labute approximate surface area is 195 Å². The lowest BCUT2D eigenvalue weighted by Crippen LogP contribution is -2.13. The monoisotopic (exact) mass is 452 g/mol. The van der Waals surface area contributed by atoms with Crippen LogP contribution in [0.1, 0.15) is 10.4 Å². The third-order valence-corrected chi connectivity index (χ3v) is 5.92. The van der Waals surface area contributed by atoms with Crippen molar-refractivity contribution in [2.75, 3.05) is 12.4 Å². The lowest BCUT2D eigenvalue weighted by molar-refractivity contribution is 0.102. The minimum Gasteiger partial charge on any atom is -0.496 e. The molecule has 5 nitrogen and oxygen atoms in total. The van der Waals surface area contributed by atoms with Crippen molar-refractivity contribution in [3.63, 3.8) is 0 Å². The highest BCUT2D eigenvalue weighted by Crippen LogP contribution is 2.30. The molecular formula is C27H20N2O3S. The Hall–Kier alpha value is -4.16. The number of carbonyl (C=O) groups is 1. The molecule has 4 aromatic carbocycles. The van der Waals surface area contributed by atoms with E-state index in [2.05, 4.69) is 10.3 Å². The Morgan fingerprint density at radius 3 is 2.24 bits per heavy atom. The molecule has 0 aliphatic carbocycles. The Morgan fingerprint density at radius 1 is 0.848 bits per heavy atom. The van der Waals surface area contributed by atoms with Gasteiger partial charge in [0, 0.05) is 10.9 Å². The largest absolute Gasteiger partial charge is 0.496 e. The molecule has 1 heterocycles. The Morgan fingerprint density at radius 2 is 1.52 bits per heavy atom. The number of nitrogens with zero attached hydrogens (tertiary/aromatic N) is 1. The number of rotatable bonds is 6. The first-order valence-corrected chi connectivity index (χ1v) is 11.2. The fraction of sp³-hybridized carbons (Fsp3) is 0.0370. The van der Waals surface area contributed by atoms with E-state index in [1.807, 2.05) is 96.4 Å². The van der Waals surface area contributed by atoms with Crippen molar-refractivity contribution in [3.05, 3.63) is 102 Å². The summed E-state index contributed by atoms with van der Waals surface area (Å²) in [6.07, 6.45) is 0. The summed E-state index contributed by atoms with van der Waals surface area (Å²) in [6, 6.07) is 28.9. The minimum atomic E-state index is -0.259. The summed E-state index contributed by atoms with van der Waals surface area (Å²) in [6.45, 7) is 0. The molecule has 0 bridgehead atoms. The SMILES string of the molecule is COc1cc2ccccc2cc1C(=O)Nc1nc(-c2ccc(Oc3ccccc3)cc2)cs1. The van der Waals surface area contributed by atoms with Gasteiger partial charge in [0.25, 0.3) is 5.91 Å². The van der Waals surface area contributed by atoms with Crippen molar-refractivity contribution in [2.45, 2.75) is 0 Å². The number of ether oxygens (including phenoxy) is 2. The number of anilines is 1. The molecule has 33 heavy (non-hydrogen) atoms. The molecule has 0 spiro atoms. The van der Waals surface area contributed by atoms with Crippen LogP contribution >= 0.6 is 11.3 Å². The lowest BCUT2D eigenvalue weighted by atomic mass is 10.1. The Bertz CT molecular complexity index is 1410. The summed E-state index contributed by atoms with van der Waals surface area (Å²) in [5, 5.41) is 7.32. The second-order valence-electron chi connectivity index (χ2n) is 7.33. The molecule has 6 heteroatoms. The zero-order valence-corrected chi connectivity index (χ0v) is 18.6. The summed E-state index contributed by atoms with van der Waals surface area (Å²) >= 11 is 1.38. The van der Waals surface area contributed by atoms with E-state index in [4.69, 9.17) is 9.47 Å². The first kappa shape index (κ1) is 20.7. The highest BCUT2D eigenvalue weighted by Gasteiger charge is 2.16. The molecule has 162 valence electrons. The van der Waals surface area contributed by atoms with Crippen LogP contribution < -0.4 is 14.8 Å². The van der Waals surface area contributed by atoms with Crippen LogP contribution in [0.2, 0.25) is 0 Å². The molecule has 0 radical (unpaired) electrons. The van der Waals surface area contributed by atoms with E-state index in [0.717, 1.165) is 33.5 Å². The summed E-state index contributed by atoms with van der Waals surface area (Å²) in [5.41, 5.74) is 2.19. The van der Waals surface area contributed by atoms with Gasteiger partial charge in [-0.25, -0.2) is 4.98 Å². The molecule has 1 aromatic heterocycles. The first-order chi connectivity index (χ1) is 16.2. The molecule has 0 aliphatic heterocycles. The number of hydrogen-bond donors (Lipinski definition) is 1. The fourth-order valence-corrected chi connectivity index (χ4v) is 4.23. The van der Waals surface area contributed by atoms with Crippen molar-refractivity contribution >= 4 is 33.1 Å². The van der Waals surface area contributed by atoms with E-state index in [-0.39, 0.29) is 5.91 Å². The molecule has 5 rings (SSSR count). The van der Waals surface area contributed by atoms with Crippen LogP contribution in [0.25, 0.3) is 22.0 Å². The summed E-state index contributed by atoms with van der Waals surface area (Å²) < 4.78 is 11.3. The third kappa shape index (κ3) is 4.56. The Kier molecular flexibility index (Phi) is 5.74. The molecule has 5 aromatic rings. The molecule has 1 amide bonds. The normalized spacial score (nSPS) is 10.7. The third-order valence-electron chi connectivity index (χ3n) is 5.17. The van der Waals surface area contributed by atoms with E-state index < -0.39 is 0 Å². The summed E-state index contributed by atoms with van der Waals surface area (Å²) in [7, 11) is 1.56. The molecule has 0 atom stereocenters. The van der Waals surface area contributed by atoms with Gasteiger partial charge in [0.15, 0.2) is 5.13 Å². The topological polar surface area (TPSA) is 60.5 Å². The van der Waals surface area contributed by atoms with Crippen molar-refractivity contribution in [1.29, 1.82) is 0 Å². The molecule has 1 N–H and O–H groups in total. The maximum Gasteiger partial charge on any atom is 0.261 e. The van der Waals surface area contributed by atoms with Crippen LogP contribution in [-0.2, 0) is 0 Å². The van der Waals surface area contributed by atoms with Gasteiger partial charge < -0.3 is 9.47 Å². The van der Waals surface area contributed by atoms with Gasteiger partial charge in [0.05, 0.1) is 18.4 Å². The maximum atomic E-state index is 13.0. The highest BCUT2D eigenvalue weighted by atomic mass is 32.1. The number of benzene rings is 4. The predicted octanol–water partition coefficient (Wildman–Crippen LogP) is 7.02. The molecule has 0 saturated heterocycles. The van der Waals surface area contributed by atoms with Crippen molar-refractivity contribution in [2.24, 2.45) is 0 Å². The molecule has 0 saturated carbocycles. The molecular weight excluding hydrogens is 432 g/mol. The van der Waals surface area contributed by atoms with Gasteiger partial charge in [-0.15, -0.1) is 11.3 Å². The molecule has 0 fully saturated rings. The van der Waals surface area contributed by atoms with Crippen molar-refractivity contribution < 1.29 is 14.3 Å². The average Bonchev–Trinajstić information content (AvgIpc) is 3.32. The summed E-state index contributed by atoms with van der Waals surface area (Å²) in [5.74, 6) is 1.80. The zero-order valence-electron chi connectivity index (χ0n) is 17.8. The number of aromatic nitrogens is 1.